The van der Waals surface area contributed by atoms with Gasteiger partial charge >= 0.3 is 0 Å². The Hall–Kier alpha value is -1.70. The molecule has 2 rings (SSSR count). The number of fused-ring (bicyclic) bond motifs is 1. The molecule has 0 radical (unpaired) electrons. The lowest BCUT2D eigenvalue weighted by atomic mass is 10.0. The third-order valence-corrected chi connectivity index (χ3v) is 2.54. The van der Waals surface area contributed by atoms with E-state index in [-0.39, 0.29) is 0 Å². The zero-order valence-electron chi connectivity index (χ0n) is 8.37. The first-order valence-corrected chi connectivity index (χ1v) is 4.55. The van der Waals surface area contributed by atoms with Gasteiger partial charge in [0.1, 0.15) is 5.75 Å². The molecule has 0 aromatic heterocycles. The largest absolute Gasteiger partial charge is 0.497 e. The van der Waals surface area contributed by atoms with Gasteiger partial charge < -0.3 is 10.5 Å². The Morgan fingerprint density at radius 1 is 1.14 bits per heavy atom. The number of nitrogens with two attached hydrogens (primary N) is 1. The molecule has 0 unspecified atom stereocenters. The number of nitrogen functional groups attached to an aromatic ring is 1. The lowest BCUT2D eigenvalue weighted by molar-refractivity contribution is 0.415. The van der Waals surface area contributed by atoms with Gasteiger partial charge in [0.15, 0.2) is 0 Å². The van der Waals surface area contributed by atoms with Crippen molar-refractivity contribution < 1.29 is 4.74 Å². The Morgan fingerprint density at radius 3 is 2.57 bits per heavy atom. The minimum absolute atomic E-state index is 0.825. The standard InChI is InChI=1S/C12H13NO/c1-8-11-7-10(14-2)5-3-9(11)4-6-12(8)13/h3-7H,13H2,1-2H3. The number of methoxy groups -OCH3 is 1. The average molecular weight is 187 g/mol. The molecule has 2 heteroatoms. The van der Waals surface area contributed by atoms with Crippen LogP contribution in [0, 0.1) is 6.92 Å². The normalized spacial score (nSPS) is 10.4. The Labute approximate surface area is 83.3 Å². The van der Waals surface area contributed by atoms with Gasteiger partial charge in [0, 0.05) is 5.69 Å². The number of rotatable bonds is 1. The van der Waals surface area contributed by atoms with E-state index >= 15 is 0 Å². The summed E-state index contributed by atoms with van der Waals surface area (Å²) < 4.78 is 5.18. The van der Waals surface area contributed by atoms with Gasteiger partial charge in [-0.1, -0.05) is 12.1 Å². The fraction of sp³-hybridized carbons (Fsp3) is 0.167. The van der Waals surface area contributed by atoms with Gasteiger partial charge in [-0.05, 0) is 41.5 Å². The van der Waals surface area contributed by atoms with E-state index in [1.807, 2.05) is 37.3 Å². The van der Waals surface area contributed by atoms with Crippen molar-refractivity contribution in [3.8, 4) is 5.75 Å². The summed E-state index contributed by atoms with van der Waals surface area (Å²) in [6.45, 7) is 2.02. The summed E-state index contributed by atoms with van der Waals surface area (Å²) in [5, 5.41) is 2.35. The van der Waals surface area contributed by atoms with Gasteiger partial charge in [-0.2, -0.15) is 0 Å². The third kappa shape index (κ3) is 1.29. The van der Waals surface area contributed by atoms with Crippen molar-refractivity contribution >= 4 is 16.5 Å². The zero-order valence-corrected chi connectivity index (χ0v) is 8.37. The SMILES string of the molecule is COc1ccc2ccc(N)c(C)c2c1. The van der Waals surface area contributed by atoms with Crippen LogP contribution in [0.4, 0.5) is 5.69 Å². The highest BCUT2D eigenvalue weighted by Crippen LogP contribution is 2.26. The monoisotopic (exact) mass is 187 g/mol. The number of hydrogen-bond donors (Lipinski definition) is 1. The Morgan fingerprint density at radius 2 is 1.86 bits per heavy atom. The summed E-state index contributed by atoms with van der Waals surface area (Å²) in [5.41, 5.74) is 7.77. The van der Waals surface area contributed by atoms with Crippen LogP contribution in [0.2, 0.25) is 0 Å². The maximum atomic E-state index is 5.84. The molecule has 2 aromatic rings. The summed E-state index contributed by atoms with van der Waals surface area (Å²) in [4.78, 5) is 0. The molecular formula is C12H13NO. The van der Waals surface area contributed by atoms with E-state index in [4.69, 9.17) is 10.5 Å². The van der Waals surface area contributed by atoms with Crippen LogP contribution >= 0.6 is 0 Å². The first-order chi connectivity index (χ1) is 6.72. The number of hydrogen-bond acceptors (Lipinski definition) is 2. The second-order valence-corrected chi connectivity index (χ2v) is 3.37. The van der Waals surface area contributed by atoms with Crippen LogP contribution in [0.3, 0.4) is 0 Å². The fourth-order valence-electron chi connectivity index (χ4n) is 1.59. The van der Waals surface area contributed by atoms with Gasteiger partial charge in [-0.25, -0.2) is 0 Å². The first kappa shape index (κ1) is 8.88. The highest BCUT2D eigenvalue weighted by atomic mass is 16.5. The van der Waals surface area contributed by atoms with E-state index in [9.17, 15) is 0 Å². The fourth-order valence-corrected chi connectivity index (χ4v) is 1.59. The van der Waals surface area contributed by atoms with Crippen LogP contribution < -0.4 is 10.5 Å². The van der Waals surface area contributed by atoms with Crippen LogP contribution in [-0.4, -0.2) is 7.11 Å². The van der Waals surface area contributed by atoms with E-state index in [0.29, 0.717) is 0 Å². The van der Waals surface area contributed by atoms with Gasteiger partial charge in [0.25, 0.3) is 0 Å². The number of aryl methyl sites for hydroxylation is 1. The third-order valence-electron chi connectivity index (χ3n) is 2.54. The highest BCUT2D eigenvalue weighted by Gasteiger charge is 2.01. The molecule has 0 bridgehead atoms. The Balaban J connectivity index is 2.78. The van der Waals surface area contributed by atoms with Gasteiger partial charge in [-0.3, -0.25) is 0 Å². The van der Waals surface area contributed by atoms with Gasteiger partial charge in [-0.15, -0.1) is 0 Å². The maximum absolute atomic E-state index is 5.84. The summed E-state index contributed by atoms with van der Waals surface area (Å²) in [6, 6.07) is 9.97. The molecule has 0 fully saturated rings. The van der Waals surface area contributed by atoms with Crippen molar-refractivity contribution in [3.05, 3.63) is 35.9 Å². The first-order valence-electron chi connectivity index (χ1n) is 4.55. The van der Waals surface area contributed by atoms with Crippen LogP contribution in [0.15, 0.2) is 30.3 Å². The minimum Gasteiger partial charge on any atom is -0.497 e. The lowest BCUT2D eigenvalue weighted by Gasteiger charge is -2.07. The molecule has 0 heterocycles. The maximum Gasteiger partial charge on any atom is 0.119 e. The van der Waals surface area contributed by atoms with Gasteiger partial charge in [0.05, 0.1) is 7.11 Å². The molecule has 2 nitrogen and oxygen atoms in total. The van der Waals surface area contributed by atoms with Crippen LogP contribution in [0.5, 0.6) is 5.75 Å². The quantitative estimate of drug-likeness (QED) is 0.697. The highest BCUT2D eigenvalue weighted by molar-refractivity contribution is 5.90. The molecule has 2 N–H and O–H groups in total. The van der Waals surface area contributed by atoms with Crippen LogP contribution in [-0.2, 0) is 0 Å². The topological polar surface area (TPSA) is 35.2 Å². The number of anilines is 1. The zero-order chi connectivity index (χ0) is 10.1. The van der Waals surface area contributed by atoms with E-state index < -0.39 is 0 Å². The van der Waals surface area contributed by atoms with E-state index in [2.05, 4.69) is 0 Å². The van der Waals surface area contributed by atoms with Crippen molar-refractivity contribution in [1.82, 2.24) is 0 Å². The van der Waals surface area contributed by atoms with E-state index in [1.54, 1.807) is 7.11 Å². The summed E-state index contributed by atoms with van der Waals surface area (Å²) in [7, 11) is 1.67. The van der Waals surface area contributed by atoms with Gasteiger partial charge in [0.2, 0.25) is 0 Å². The van der Waals surface area contributed by atoms with Crippen molar-refractivity contribution in [1.29, 1.82) is 0 Å². The molecule has 0 aliphatic rings. The molecule has 0 aliphatic heterocycles. The molecule has 0 aliphatic carbocycles. The lowest BCUT2D eigenvalue weighted by Crippen LogP contribution is -1.90. The van der Waals surface area contributed by atoms with E-state index in [0.717, 1.165) is 22.4 Å². The Kier molecular flexibility index (Phi) is 2.04. The van der Waals surface area contributed by atoms with Crippen molar-refractivity contribution in [2.24, 2.45) is 0 Å². The summed E-state index contributed by atoms with van der Waals surface area (Å²) >= 11 is 0. The molecule has 0 atom stereocenters. The summed E-state index contributed by atoms with van der Waals surface area (Å²) in [5.74, 6) is 0.867. The predicted octanol–water partition coefficient (Wildman–Crippen LogP) is 2.74. The second kappa shape index (κ2) is 3.22. The van der Waals surface area contributed by atoms with Crippen molar-refractivity contribution in [3.63, 3.8) is 0 Å². The molecule has 0 amide bonds. The molecule has 14 heavy (non-hydrogen) atoms. The molecule has 0 saturated heterocycles. The molecule has 72 valence electrons. The molecular weight excluding hydrogens is 174 g/mol. The van der Waals surface area contributed by atoms with Crippen LogP contribution in [0.25, 0.3) is 10.8 Å². The average Bonchev–Trinajstić information content (AvgIpc) is 2.23. The summed E-state index contributed by atoms with van der Waals surface area (Å²) in [6.07, 6.45) is 0. The smallest absolute Gasteiger partial charge is 0.119 e. The molecule has 2 aromatic carbocycles. The minimum atomic E-state index is 0.825. The van der Waals surface area contributed by atoms with E-state index in [1.165, 1.54) is 5.39 Å². The van der Waals surface area contributed by atoms with Crippen LogP contribution in [0.1, 0.15) is 5.56 Å². The second-order valence-electron chi connectivity index (χ2n) is 3.37. The predicted molar refractivity (Wildman–Crippen MR) is 59.6 cm³/mol. The number of benzene rings is 2. The Bertz CT molecular complexity index is 477. The molecule has 0 spiro atoms. The van der Waals surface area contributed by atoms with Crippen molar-refractivity contribution in [2.75, 3.05) is 12.8 Å². The number of ether oxygens (including phenoxy) is 1. The van der Waals surface area contributed by atoms with Crippen molar-refractivity contribution in [2.45, 2.75) is 6.92 Å². The molecule has 0 saturated carbocycles.